The second kappa shape index (κ2) is 9.67. The first kappa shape index (κ1) is 21.3. The second-order valence-electron chi connectivity index (χ2n) is 5.43. The topological polar surface area (TPSA) is 94.3 Å². The van der Waals surface area contributed by atoms with Gasteiger partial charge in [-0.1, -0.05) is 6.92 Å². The second-order valence-corrected chi connectivity index (χ2v) is 8.60. The highest BCUT2D eigenvalue weighted by Crippen LogP contribution is 2.20. The quantitative estimate of drug-likeness (QED) is 0.636. The molecule has 138 valence electrons. The summed E-state index contributed by atoms with van der Waals surface area (Å²) in [6.07, 6.45) is 1.39. The lowest BCUT2D eigenvalue weighted by molar-refractivity contribution is 0.0946. The molecule has 1 fully saturated rings. The van der Waals surface area contributed by atoms with Crippen LogP contribution in [0.15, 0.2) is 17.2 Å². The number of nitrogens with one attached hydrogen (secondary N) is 3. The van der Waals surface area contributed by atoms with Gasteiger partial charge in [0, 0.05) is 43.4 Å². The van der Waals surface area contributed by atoms with Crippen LogP contribution in [0, 0.1) is 0 Å². The maximum absolute atomic E-state index is 12.5. The first-order valence-electron chi connectivity index (χ1n) is 7.73. The zero-order chi connectivity index (χ0) is 16.9. The summed E-state index contributed by atoms with van der Waals surface area (Å²) < 4.78 is 26.5. The van der Waals surface area contributed by atoms with Gasteiger partial charge in [0.05, 0.1) is 0 Å². The van der Waals surface area contributed by atoms with Crippen molar-refractivity contribution in [1.29, 1.82) is 0 Å². The molecule has 3 N–H and O–H groups in total. The fourth-order valence-corrected chi connectivity index (χ4v) is 4.92. The number of aromatic nitrogens is 1. The fourth-order valence-electron chi connectivity index (χ4n) is 2.35. The van der Waals surface area contributed by atoms with Crippen molar-refractivity contribution in [3.63, 3.8) is 0 Å². The molecule has 1 aromatic rings. The normalized spacial score (nSPS) is 17.1. The number of thioether (sulfide) groups is 1. The molecule has 2 heterocycles. The van der Waals surface area contributed by atoms with E-state index in [9.17, 15) is 13.2 Å². The number of H-pyrrole nitrogens is 1. The van der Waals surface area contributed by atoms with E-state index in [2.05, 4.69) is 15.6 Å². The smallest absolute Gasteiger partial charge is 0.267 e. The monoisotopic (exact) mass is 396 g/mol. The third kappa shape index (κ3) is 5.38. The summed E-state index contributed by atoms with van der Waals surface area (Å²) in [7, 11) is -3.52. The molecule has 1 amide bonds. The number of amides is 1. The molecule has 1 aliphatic heterocycles. The van der Waals surface area contributed by atoms with Gasteiger partial charge in [0.25, 0.3) is 5.91 Å². The standard InChI is InChI=1S/C14H24N4O3S2.ClH/c1-3-15-11(2)9-17-14(19)13-8-12(10-16-13)23(20,21)18-4-6-22-7-5-18;/h8,10-11,15-16H,3-7,9H2,1-2H3,(H,17,19);1H/t11-;/m1./s1. The molecule has 24 heavy (non-hydrogen) atoms. The Labute approximate surface area is 153 Å². The van der Waals surface area contributed by atoms with Crippen molar-refractivity contribution in [3.8, 4) is 0 Å². The molecule has 0 spiro atoms. The maximum Gasteiger partial charge on any atom is 0.267 e. The molecule has 0 unspecified atom stereocenters. The molecule has 0 bridgehead atoms. The Morgan fingerprint density at radius 2 is 2.08 bits per heavy atom. The molecule has 7 nitrogen and oxygen atoms in total. The van der Waals surface area contributed by atoms with Crippen molar-refractivity contribution in [2.24, 2.45) is 0 Å². The number of hydrogen-bond donors (Lipinski definition) is 3. The molecule has 0 aliphatic carbocycles. The Morgan fingerprint density at radius 3 is 2.71 bits per heavy atom. The number of rotatable bonds is 7. The van der Waals surface area contributed by atoms with E-state index in [1.165, 1.54) is 16.6 Å². The highest BCUT2D eigenvalue weighted by molar-refractivity contribution is 7.99. The molecule has 1 aromatic heterocycles. The van der Waals surface area contributed by atoms with E-state index in [0.29, 0.717) is 19.6 Å². The van der Waals surface area contributed by atoms with Crippen LogP contribution in [-0.2, 0) is 10.0 Å². The van der Waals surface area contributed by atoms with Crippen LogP contribution in [0.4, 0.5) is 0 Å². The van der Waals surface area contributed by atoms with Crippen LogP contribution >= 0.6 is 24.2 Å². The van der Waals surface area contributed by atoms with Gasteiger partial charge in [0.15, 0.2) is 0 Å². The van der Waals surface area contributed by atoms with Crippen molar-refractivity contribution in [2.45, 2.75) is 24.8 Å². The van der Waals surface area contributed by atoms with Crippen molar-refractivity contribution < 1.29 is 13.2 Å². The van der Waals surface area contributed by atoms with Gasteiger partial charge >= 0.3 is 0 Å². The molecular formula is C14H25ClN4O3S2. The van der Waals surface area contributed by atoms with E-state index in [1.807, 2.05) is 13.8 Å². The van der Waals surface area contributed by atoms with E-state index >= 15 is 0 Å². The maximum atomic E-state index is 12.5. The Bertz CT molecular complexity index is 630. The fraction of sp³-hybridized carbons (Fsp3) is 0.643. The van der Waals surface area contributed by atoms with Gasteiger partial charge in [0.1, 0.15) is 10.6 Å². The predicted molar refractivity (Wildman–Crippen MR) is 99.6 cm³/mol. The average Bonchev–Trinajstić information content (AvgIpc) is 3.04. The van der Waals surface area contributed by atoms with E-state index < -0.39 is 10.0 Å². The van der Waals surface area contributed by atoms with Crippen LogP contribution in [-0.4, -0.2) is 67.3 Å². The average molecular weight is 397 g/mol. The van der Waals surface area contributed by atoms with E-state index in [4.69, 9.17) is 0 Å². The number of carbonyl (C=O) groups excluding carboxylic acids is 1. The third-order valence-electron chi connectivity index (χ3n) is 3.63. The Morgan fingerprint density at radius 1 is 1.42 bits per heavy atom. The summed E-state index contributed by atoms with van der Waals surface area (Å²) in [5.41, 5.74) is 0.263. The van der Waals surface area contributed by atoms with E-state index in [0.717, 1.165) is 18.1 Å². The largest absolute Gasteiger partial charge is 0.356 e. The lowest BCUT2D eigenvalue weighted by atomic mass is 10.3. The minimum absolute atomic E-state index is 0. The number of sulfonamides is 1. The summed E-state index contributed by atoms with van der Waals surface area (Å²) in [4.78, 5) is 15.0. The Hall–Kier alpha value is -0.740. The number of carbonyl (C=O) groups is 1. The van der Waals surface area contributed by atoms with Gasteiger partial charge in [-0.05, 0) is 19.5 Å². The molecule has 10 heteroatoms. The van der Waals surface area contributed by atoms with Gasteiger partial charge < -0.3 is 15.6 Å². The van der Waals surface area contributed by atoms with Crippen molar-refractivity contribution in [1.82, 2.24) is 19.9 Å². The van der Waals surface area contributed by atoms with Crippen LogP contribution in [0.25, 0.3) is 0 Å². The Balaban J connectivity index is 0.00000288. The van der Waals surface area contributed by atoms with E-state index in [1.54, 1.807) is 11.8 Å². The highest BCUT2D eigenvalue weighted by Gasteiger charge is 2.27. The van der Waals surface area contributed by atoms with Gasteiger partial charge in [-0.3, -0.25) is 4.79 Å². The van der Waals surface area contributed by atoms with Gasteiger partial charge in [0.2, 0.25) is 10.0 Å². The van der Waals surface area contributed by atoms with Gasteiger partial charge in [-0.25, -0.2) is 8.42 Å². The van der Waals surface area contributed by atoms with Crippen LogP contribution in [0.1, 0.15) is 24.3 Å². The number of aromatic amines is 1. The third-order valence-corrected chi connectivity index (χ3v) is 6.45. The number of hydrogen-bond acceptors (Lipinski definition) is 5. The molecule has 1 saturated heterocycles. The molecule has 1 aliphatic rings. The summed E-state index contributed by atoms with van der Waals surface area (Å²) in [6.45, 7) is 6.31. The first-order valence-corrected chi connectivity index (χ1v) is 10.3. The van der Waals surface area contributed by atoms with Crippen molar-refractivity contribution >= 4 is 40.1 Å². The number of halogens is 1. The summed E-state index contributed by atoms with van der Waals surface area (Å²) >= 11 is 1.75. The van der Waals surface area contributed by atoms with Crippen LogP contribution in [0.5, 0.6) is 0 Å². The highest BCUT2D eigenvalue weighted by atomic mass is 35.5. The lowest BCUT2D eigenvalue weighted by Gasteiger charge is -2.24. The summed E-state index contributed by atoms with van der Waals surface area (Å²) in [5, 5.41) is 5.98. The Kier molecular flexibility index (Phi) is 8.58. The van der Waals surface area contributed by atoms with Crippen LogP contribution in [0.3, 0.4) is 0 Å². The molecule has 2 rings (SSSR count). The predicted octanol–water partition coefficient (Wildman–Crippen LogP) is 0.902. The van der Waals surface area contributed by atoms with Crippen molar-refractivity contribution in [3.05, 3.63) is 18.0 Å². The molecular weight excluding hydrogens is 372 g/mol. The minimum atomic E-state index is -3.52. The molecule has 0 aromatic carbocycles. The molecule has 1 atom stereocenters. The minimum Gasteiger partial charge on any atom is -0.356 e. The van der Waals surface area contributed by atoms with Crippen molar-refractivity contribution in [2.75, 3.05) is 37.7 Å². The number of nitrogens with zero attached hydrogens (tertiary/aromatic N) is 1. The number of likely N-dealkylation sites (N-methyl/N-ethyl adjacent to an activating group) is 1. The SMILES string of the molecule is CCN[C@H](C)CNC(=O)c1cc(S(=O)(=O)N2CCSCC2)c[nH]1.Cl. The van der Waals surface area contributed by atoms with Crippen LogP contribution in [0.2, 0.25) is 0 Å². The first-order chi connectivity index (χ1) is 10.9. The van der Waals surface area contributed by atoms with Gasteiger partial charge in [-0.2, -0.15) is 16.1 Å². The van der Waals surface area contributed by atoms with E-state index in [-0.39, 0.29) is 34.9 Å². The van der Waals surface area contributed by atoms with Crippen LogP contribution < -0.4 is 10.6 Å². The summed E-state index contributed by atoms with van der Waals surface area (Å²) in [6, 6.07) is 1.57. The summed E-state index contributed by atoms with van der Waals surface area (Å²) in [5.74, 6) is 1.31. The zero-order valence-corrected chi connectivity index (χ0v) is 16.3. The molecule has 0 saturated carbocycles. The molecule has 0 radical (unpaired) electrons. The zero-order valence-electron chi connectivity index (χ0n) is 13.9. The van der Waals surface area contributed by atoms with Gasteiger partial charge in [-0.15, -0.1) is 12.4 Å². The lowest BCUT2D eigenvalue weighted by Crippen LogP contribution is -2.39.